The third-order valence-electron chi connectivity index (χ3n) is 4.09. The molecular formula is C20H24N4O2. The van der Waals surface area contributed by atoms with E-state index in [-0.39, 0.29) is 5.91 Å². The molecule has 26 heavy (non-hydrogen) atoms. The molecule has 0 aliphatic heterocycles. The Bertz CT molecular complexity index is 931. The molecular weight excluding hydrogens is 328 g/mol. The smallest absolute Gasteiger partial charge is 0.275 e. The Hall–Kier alpha value is -2.86. The highest BCUT2D eigenvalue weighted by Gasteiger charge is 2.14. The van der Waals surface area contributed by atoms with E-state index in [9.17, 15) is 4.79 Å². The van der Waals surface area contributed by atoms with E-state index in [4.69, 9.17) is 4.74 Å². The summed E-state index contributed by atoms with van der Waals surface area (Å²) < 4.78 is 7.69. The molecule has 0 spiro atoms. The molecule has 0 saturated carbocycles. The Balaban J connectivity index is 1.81. The van der Waals surface area contributed by atoms with E-state index in [1.165, 1.54) is 0 Å². The summed E-state index contributed by atoms with van der Waals surface area (Å²) in [7, 11) is 3.99. The van der Waals surface area contributed by atoms with E-state index < -0.39 is 0 Å². The van der Waals surface area contributed by atoms with Gasteiger partial charge in [0.2, 0.25) is 0 Å². The first-order valence-corrected chi connectivity index (χ1v) is 8.58. The molecule has 1 N–H and O–H groups in total. The number of rotatable bonds is 6. The maximum absolute atomic E-state index is 12.7. The number of carbonyl (C=O) groups is 1. The summed E-state index contributed by atoms with van der Waals surface area (Å²) in [5.41, 5.74) is 3.88. The quantitative estimate of drug-likeness (QED) is 0.740. The number of aryl methyl sites for hydroxylation is 2. The maximum Gasteiger partial charge on any atom is 0.275 e. The molecule has 3 rings (SSSR count). The minimum Gasteiger partial charge on any atom is -0.490 e. The summed E-state index contributed by atoms with van der Waals surface area (Å²) in [4.78, 5) is 19.2. The molecule has 0 radical (unpaired) electrons. The monoisotopic (exact) mass is 352 g/mol. The fourth-order valence-electron chi connectivity index (χ4n) is 2.65. The van der Waals surface area contributed by atoms with E-state index in [1.54, 1.807) is 6.20 Å². The van der Waals surface area contributed by atoms with Crippen molar-refractivity contribution in [2.45, 2.75) is 13.8 Å². The zero-order valence-corrected chi connectivity index (χ0v) is 15.6. The Kier molecular flexibility index (Phi) is 5.23. The van der Waals surface area contributed by atoms with Crippen molar-refractivity contribution in [2.24, 2.45) is 0 Å². The molecule has 0 saturated heterocycles. The predicted octanol–water partition coefficient (Wildman–Crippen LogP) is 3.14. The van der Waals surface area contributed by atoms with Gasteiger partial charge >= 0.3 is 0 Å². The predicted molar refractivity (Wildman–Crippen MR) is 103 cm³/mol. The number of likely N-dealkylation sites (N-methyl/N-ethyl adjacent to an activating group) is 1. The maximum atomic E-state index is 12.7. The topological polar surface area (TPSA) is 58.9 Å². The summed E-state index contributed by atoms with van der Waals surface area (Å²) in [6, 6.07) is 9.66. The number of ether oxygens (including phenoxy) is 1. The Morgan fingerprint density at radius 1 is 1.27 bits per heavy atom. The average Bonchev–Trinajstić information content (AvgIpc) is 3.02. The largest absolute Gasteiger partial charge is 0.490 e. The highest BCUT2D eigenvalue weighted by atomic mass is 16.5. The number of pyridine rings is 1. The lowest BCUT2D eigenvalue weighted by Crippen LogP contribution is -2.20. The highest BCUT2D eigenvalue weighted by molar-refractivity contribution is 6.04. The molecule has 3 aromatic rings. The molecule has 0 fully saturated rings. The lowest BCUT2D eigenvalue weighted by Gasteiger charge is -2.15. The van der Waals surface area contributed by atoms with Gasteiger partial charge in [0, 0.05) is 18.9 Å². The van der Waals surface area contributed by atoms with Crippen molar-refractivity contribution < 1.29 is 9.53 Å². The molecule has 0 unspecified atom stereocenters. The van der Waals surface area contributed by atoms with Crippen molar-refractivity contribution in [1.29, 1.82) is 0 Å². The van der Waals surface area contributed by atoms with Gasteiger partial charge in [-0.05, 0) is 57.3 Å². The SMILES string of the molecule is Cc1ccc(OCCN(C)C)c(NC(=O)c2cn3cccc(C)c3n2)c1. The molecule has 0 atom stereocenters. The highest BCUT2D eigenvalue weighted by Crippen LogP contribution is 2.26. The number of carbonyl (C=O) groups excluding carboxylic acids is 1. The van der Waals surface area contributed by atoms with Crippen LogP contribution < -0.4 is 10.1 Å². The van der Waals surface area contributed by atoms with Gasteiger partial charge in [0.1, 0.15) is 23.7 Å². The molecule has 2 heterocycles. The summed E-state index contributed by atoms with van der Waals surface area (Å²) in [6.45, 7) is 5.30. The van der Waals surface area contributed by atoms with Gasteiger partial charge in [-0.1, -0.05) is 12.1 Å². The molecule has 1 aromatic carbocycles. The van der Waals surface area contributed by atoms with E-state index in [1.807, 2.05) is 73.8 Å². The molecule has 0 bridgehead atoms. The number of nitrogens with zero attached hydrogens (tertiary/aromatic N) is 3. The van der Waals surface area contributed by atoms with Gasteiger partial charge in [0.25, 0.3) is 5.91 Å². The molecule has 6 nitrogen and oxygen atoms in total. The van der Waals surface area contributed by atoms with E-state index in [0.29, 0.717) is 23.7 Å². The van der Waals surface area contributed by atoms with Crippen molar-refractivity contribution >= 4 is 17.2 Å². The van der Waals surface area contributed by atoms with Gasteiger partial charge in [-0.2, -0.15) is 0 Å². The number of nitrogens with one attached hydrogen (secondary N) is 1. The van der Waals surface area contributed by atoms with Gasteiger partial charge < -0.3 is 19.4 Å². The number of hydrogen-bond donors (Lipinski definition) is 1. The second kappa shape index (κ2) is 7.58. The summed E-state index contributed by atoms with van der Waals surface area (Å²) in [6.07, 6.45) is 3.62. The van der Waals surface area contributed by atoms with Crippen LogP contribution >= 0.6 is 0 Å². The van der Waals surface area contributed by atoms with Crippen molar-refractivity contribution in [3.05, 3.63) is 59.5 Å². The van der Waals surface area contributed by atoms with Crippen LogP contribution in [0.15, 0.2) is 42.7 Å². The molecule has 0 aliphatic carbocycles. The van der Waals surface area contributed by atoms with E-state index in [2.05, 4.69) is 10.3 Å². The summed E-state index contributed by atoms with van der Waals surface area (Å²) in [5, 5.41) is 2.93. The summed E-state index contributed by atoms with van der Waals surface area (Å²) in [5.74, 6) is 0.405. The first-order valence-electron chi connectivity index (χ1n) is 8.58. The van der Waals surface area contributed by atoms with Crippen LogP contribution in [0.4, 0.5) is 5.69 Å². The van der Waals surface area contributed by atoms with Crippen molar-refractivity contribution in [3.63, 3.8) is 0 Å². The lowest BCUT2D eigenvalue weighted by atomic mass is 10.2. The minimum absolute atomic E-state index is 0.254. The van der Waals surface area contributed by atoms with Crippen LogP contribution in [0, 0.1) is 13.8 Å². The van der Waals surface area contributed by atoms with Gasteiger partial charge in [-0.3, -0.25) is 4.79 Å². The Morgan fingerprint density at radius 2 is 2.08 bits per heavy atom. The molecule has 0 aliphatic rings. The van der Waals surface area contributed by atoms with Crippen LogP contribution in [0.25, 0.3) is 5.65 Å². The number of aromatic nitrogens is 2. The van der Waals surface area contributed by atoms with Crippen molar-refractivity contribution in [3.8, 4) is 5.75 Å². The van der Waals surface area contributed by atoms with Crippen LogP contribution in [0.1, 0.15) is 21.6 Å². The fourth-order valence-corrected chi connectivity index (χ4v) is 2.65. The molecule has 1 amide bonds. The number of amides is 1. The zero-order valence-electron chi connectivity index (χ0n) is 15.6. The van der Waals surface area contributed by atoms with Gasteiger partial charge in [-0.15, -0.1) is 0 Å². The average molecular weight is 352 g/mol. The number of fused-ring (bicyclic) bond motifs is 1. The fraction of sp³-hybridized carbons (Fsp3) is 0.300. The van der Waals surface area contributed by atoms with Crippen LogP contribution in [0.2, 0.25) is 0 Å². The van der Waals surface area contributed by atoms with E-state index >= 15 is 0 Å². The van der Waals surface area contributed by atoms with E-state index in [0.717, 1.165) is 23.3 Å². The van der Waals surface area contributed by atoms with Gasteiger partial charge in [0.15, 0.2) is 0 Å². The second-order valence-corrected chi connectivity index (χ2v) is 6.65. The number of hydrogen-bond acceptors (Lipinski definition) is 4. The Morgan fingerprint density at radius 3 is 2.81 bits per heavy atom. The second-order valence-electron chi connectivity index (χ2n) is 6.65. The molecule has 2 aromatic heterocycles. The number of benzene rings is 1. The Labute approximate surface area is 153 Å². The van der Waals surface area contributed by atoms with Gasteiger partial charge in [0.05, 0.1) is 5.69 Å². The van der Waals surface area contributed by atoms with Crippen LogP contribution in [-0.4, -0.2) is 47.4 Å². The van der Waals surface area contributed by atoms with Gasteiger partial charge in [-0.25, -0.2) is 4.98 Å². The number of anilines is 1. The summed E-state index contributed by atoms with van der Waals surface area (Å²) >= 11 is 0. The normalized spacial score (nSPS) is 11.1. The van der Waals surface area contributed by atoms with Crippen LogP contribution in [0.3, 0.4) is 0 Å². The first-order chi connectivity index (χ1) is 12.4. The first kappa shape index (κ1) is 17.9. The van der Waals surface area contributed by atoms with Crippen LogP contribution in [-0.2, 0) is 0 Å². The molecule has 6 heteroatoms. The number of imidazole rings is 1. The minimum atomic E-state index is -0.254. The zero-order chi connectivity index (χ0) is 18.7. The molecule has 136 valence electrons. The lowest BCUT2D eigenvalue weighted by molar-refractivity contribution is 0.102. The van der Waals surface area contributed by atoms with Crippen molar-refractivity contribution in [1.82, 2.24) is 14.3 Å². The third-order valence-corrected chi connectivity index (χ3v) is 4.09. The van der Waals surface area contributed by atoms with Crippen LogP contribution in [0.5, 0.6) is 5.75 Å². The van der Waals surface area contributed by atoms with Crippen molar-refractivity contribution in [2.75, 3.05) is 32.6 Å². The third kappa shape index (κ3) is 4.03. The standard InChI is InChI=1S/C20H24N4O2/c1-14-7-8-18(26-11-10-23(3)4)16(12-14)22-20(25)17-13-24-9-5-6-15(2)19(24)21-17/h5-9,12-13H,10-11H2,1-4H3,(H,22,25).